The number of ether oxygens (including phenoxy) is 1. The minimum absolute atomic E-state index is 0.0932. The SMILES string of the molecule is Cc1cc(F)ccc1OC(C)C(=O)c1ccccc1. The van der Waals surface area contributed by atoms with Crippen molar-refractivity contribution in [2.24, 2.45) is 0 Å². The first-order chi connectivity index (χ1) is 9.08. The Labute approximate surface area is 111 Å². The minimum atomic E-state index is -0.605. The largest absolute Gasteiger partial charge is 0.482 e. The average molecular weight is 258 g/mol. The Morgan fingerprint density at radius 1 is 1.16 bits per heavy atom. The molecule has 0 aliphatic heterocycles. The van der Waals surface area contributed by atoms with E-state index in [1.54, 1.807) is 32.0 Å². The van der Waals surface area contributed by atoms with Crippen LogP contribution in [0.3, 0.4) is 0 Å². The molecule has 3 heteroatoms. The maximum atomic E-state index is 13.0. The molecule has 1 unspecified atom stereocenters. The van der Waals surface area contributed by atoms with Gasteiger partial charge in [-0.3, -0.25) is 4.79 Å². The molecule has 0 radical (unpaired) electrons. The van der Waals surface area contributed by atoms with Crippen molar-refractivity contribution in [1.29, 1.82) is 0 Å². The van der Waals surface area contributed by atoms with Crippen LogP contribution in [0.15, 0.2) is 48.5 Å². The molecule has 0 saturated carbocycles. The van der Waals surface area contributed by atoms with Crippen LogP contribution in [0.1, 0.15) is 22.8 Å². The Hall–Kier alpha value is -2.16. The molecule has 0 amide bonds. The van der Waals surface area contributed by atoms with E-state index < -0.39 is 6.10 Å². The Bertz CT molecular complexity index is 579. The fraction of sp³-hybridized carbons (Fsp3) is 0.188. The predicted octanol–water partition coefficient (Wildman–Crippen LogP) is 3.78. The van der Waals surface area contributed by atoms with Gasteiger partial charge in [-0.2, -0.15) is 0 Å². The summed E-state index contributed by atoms with van der Waals surface area (Å²) in [6.07, 6.45) is -0.605. The number of rotatable bonds is 4. The Kier molecular flexibility index (Phi) is 3.95. The lowest BCUT2D eigenvalue weighted by Crippen LogP contribution is -2.24. The van der Waals surface area contributed by atoms with Crippen LogP contribution in [-0.2, 0) is 0 Å². The van der Waals surface area contributed by atoms with Crippen LogP contribution in [0.5, 0.6) is 5.75 Å². The van der Waals surface area contributed by atoms with E-state index in [2.05, 4.69) is 0 Å². The van der Waals surface area contributed by atoms with Crippen LogP contribution in [-0.4, -0.2) is 11.9 Å². The molecule has 2 aromatic rings. The zero-order valence-electron chi connectivity index (χ0n) is 10.9. The quantitative estimate of drug-likeness (QED) is 0.780. The van der Waals surface area contributed by atoms with Crippen LogP contribution in [0, 0.1) is 12.7 Å². The summed E-state index contributed by atoms with van der Waals surface area (Å²) in [6, 6.07) is 13.2. The fourth-order valence-electron chi connectivity index (χ4n) is 1.83. The van der Waals surface area contributed by atoms with Gasteiger partial charge >= 0.3 is 0 Å². The zero-order valence-corrected chi connectivity index (χ0v) is 10.9. The molecule has 0 aliphatic rings. The summed E-state index contributed by atoms with van der Waals surface area (Å²) >= 11 is 0. The van der Waals surface area contributed by atoms with Crippen molar-refractivity contribution in [3.8, 4) is 5.75 Å². The molecule has 2 rings (SSSR count). The van der Waals surface area contributed by atoms with E-state index in [1.165, 1.54) is 12.1 Å². The number of benzene rings is 2. The Morgan fingerprint density at radius 3 is 2.47 bits per heavy atom. The first kappa shape index (κ1) is 13.3. The average Bonchev–Trinajstić information content (AvgIpc) is 2.42. The smallest absolute Gasteiger partial charge is 0.202 e. The highest BCUT2D eigenvalue weighted by Gasteiger charge is 2.17. The lowest BCUT2D eigenvalue weighted by atomic mass is 10.1. The number of hydrogen-bond acceptors (Lipinski definition) is 2. The molecular formula is C16H15FO2. The molecule has 0 heterocycles. The number of ketones is 1. The van der Waals surface area contributed by atoms with E-state index in [-0.39, 0.29) is 11.6 Å². The monoisotopic (exact) mass is 258 g/mol. The molecule has 0 aliphatic carbocycles. The number of carbonyl (C=O) groups excluding carboxylic acids is 1. The molecule has 1 atom stereocenters. The van der Waals surface area contributed by atoms with Crippen LogP contribution in [0.25, 0.3) is 0 Å². The molecule has 0 aromatic heterocycles. The van der Waals surface area contributed by atoms with Crippen molar-refractivity contribution in [3.63, 3.8) is 0 Å². The Balaban J connectivity index is 2.13. The summed E-state index contributed by atoms with van der Waals surface area (Å²) < 4.78 is 18.6. The molecule has 0 fully saturated rings. The third-order valence-electron chi connectivity index (χ3n) is 2.87. The van der Waals surface area contributed by atoms with Gasteiger partial charge in [0.05, 0.1) is 0 Å². The third-order valence-corrected chi connectivity index (χ3v) is 2.87. The van der Waals surface area contributed by atoms with Gasteiger partial charge < -0.3 is 4.74 Å². The van der Waals surface area contributed by atoms with Gasteiger partial charge in [0, 0.05) is 5.56 Å². The maximum absolute atomic E-state index is 13.0. The van der Waals surface area contributed by atoms with Gasteiger partial charge in [-0.05, 0) is 37.6 Å². The summed E-state index contributed by atoms with van der Waals surface area (Å²) in [4.78, 5) is 12.1. The third kappa shape index (κ3) is 3.19. The van der Waals surface area contributed by atoms with Crippen molar-refractivity contribution in [3.05, 3.63) is 65.5 Å². The van der Waals surface area contributed by atoms with Gasteiger partial charge in [-0.1, -0.05) is 30.3 Å². The topological polar surface area (TPSA) is 26.3 Å². The van der Waals surface area contributed by atoms with Crippen LogP contribution < -0.4 is 4.74 Å². The van der Waals surface area contributed by atoms with Gasteiger partial charge in [0.2, 0.25) is 5.78 Å². The van der Waals surface area contributed by atoms with Crippen LogP contribution >= 0.6 is 0 Å². The Morgan fingerprint density at radius 2 is 1.84 bits per heavy atom. The summed E-state index contributed by atoms with van der Waals surface area (Å²) in [5.41, 5.74) is 1.28. The van der Waals surface area contributed by atoms with Crippen molar-refractivity contribution >= 4 is 5.78 Å². The molecule has 19 heavy (non-hydrogen) atoms. The van der Waals surface area contributed by atoms with E-state index in [0.29, 0.717) is 16.9 Å². The molecule has 0 saturated heterocycles. The molecule has 2 nitrogen and oxygen atoms in total. The normalized spacial score (nSPS) is 11.9. The van der Waals surface area contributed by atoms with E-state index in [0.717, 1.165) is 0 Å². The minimum Gasteiger partial charge on any atom is -0.482 e. The van der Waals surface area contributed by atoms with Gasteiger partial charge in [0.1, 0.15) is 11.6 Å². The molecule has 98 valence electrons. The summed E-state index contributed by atoms with van der Waals surface area (Å²) in [5, 5.41) is 0. The lowest BCUT2D eigenvalue weighted by Gasteiger charge is -2.15. The highest BCUT2D eigenvalue weighted by atomic mass is 19.1. The van der Waals surface area contributed by atoms with Crippen LogP contribution in [0.2, 0.25) is 0 Å². The van der Waals surface area contributed by atoms with Crippen molar-refractivity contribution < 1.29 is 13.9 Å². The van der Waals surface area contributed by atoms with Crippen molar-refractivity contribution in [2.75, 3.05) is 0 Å². The van der Waals surface area contributed by atoms with Gasteiger partial charge in [-0.15, -0.1) is 0 Å². The van der Waals surface area contributed by atoms with Gasteiger partial charge in [0.25, 0.3) is 0 Å². The first-order valence-electron chi connectivity index (χ1n) is 6.10. The first-order valence-corrected chi connectivity index (χ1v) is 6.10. The number of aryl methyl sites for hydroxylation is 1. The highest BCUT2D eigenvalue weighted by molar-refractivity contribution is 5.99. The van der Waals surface area contributed by atoms with Crippen LogP contribution in [0.4, 0.5) is 4.39 Å². The zero-order chi connectivity index (χ0) is 13.8. The van der Waals surface area contributed by atoms with E-state index >= 15 is 0 Å². The molecule has 2 aromatic carbocycles. The molecule has 0 bridgehead atoms. The number of carbonyl (C=O) groups is 1. The summed E-state index contributed by atoms with van der Waals surface area (Å²) in [6.45, 7) is 3.44. The maximum Gasteiger partial charge on any atom is 0.202 e. The van der Waals surface area contributed by atoms with Gasteiger partial charge in [-0.25, -0.2) is 4.39 Å². The predicted molar refractivity (Wildman–Crippen MR) is 72.0 cm³/mol. The number of hydrogen-bond donors (Lipinski definition) is 0. The molecule has 0 spiro atoms. The second-order valence-electron chi connectivity index (χ2n) is 4.40. The molecular weight excluding hydrogens is 243 g/mol. The summed E-state index contributed by atoms with van der Waals surface area (Å²) in [5.74, 6) is 0.120. The van der Waals surface area contributed by atoms with Gasteiger partial charge in [0.15, 0.2) is 6.10 Å². The van der Waals surface area contributed by atoms with E-state index in [1.807, 2.05) is 18.2 Å². The summed E-state index contributed by atoms with van der Waals surface area (Å²) in [7, 11) is 0. The fourth-order valence-corrected chi connectivity index (χ4v) is 1.83. The molecule has 0 N–H and O–H groups in total. The highest BCUT2D eigenvalue weighted by Crippen LogP contribution is 2.20. The van der Waals surface area contributed by atoms with Crippen molar-refractivity contribution in [2.45, 2.75) is 20.0 Å². The second kappa shape index (κ2) is 5.65. The number of halogens is 1. The van der Waals surface area contributed by atoms with Crippen molar-refractivity contribution in [1.82, 2.24) is 0 Å². The second-order valence-corrected chi connectivity index (χ2v) is 4.40. The van der Waals surface area contributed by atoms with E-state index in [9.17, 15) is 9.18 Å². The van der Waals surface area contributed by atoms with E-state index in [4.69, 9.17) is 4.74 Å². The lowest BCUT2D eigenvalue weighted by molar-refractivity contribution is 0.0817. The number of Topliss-reactive ketones (excluding diaryl/α,β-unsaturated/α-hetero) is 1. The standard InChI is InChI=1S/C16H15FO2/c1-11-10-14(17)8-9-15(11)19-12(2)16(18)13-6-4-3-5-7-13/h3-10,12H,1-2H3.